The number of alkyl halides is 4. The molecule has 90 valence electrons. The van der Waals surface area contributed by atoms with Gasteiger partial charge in [-0.05, 0) is 12.8 Å². The van der Waals surface area contributed by atoms with Crippen molar-refractivity contribution >= 4 is 28.1 Å². The molecule has 0 spiro atoms. The first kappa shape index (κ1) is 11.9. The molecule has 1 atom stereocenters. The zero-order valence-electron chi connectivity index (χ0n) is 8.17. The topological polar surface area (TPSA) is 29.0 Å². The van der Waals surface area contributed by atoms with Gasteiger partial charge >= 0.3 is 6.18 Å². The van der Waals surface area contributed by atoms with E-state index >= 15 is 0 Å². The van der Waals surface area contributed by atoms with E-state index in [0.717, 1.165) is 12.8 Å². The number of piperidine rings is 1. The van der Waals surface area contributed by atoms with Gasteiger partial charge in [-0.15, -0.1) is 21.8 Å². The highest BCUT2D eigenvalue weighted by Gasteiger charge is 2.36. The lowest BCUT2D eigenvalue weighted by Gasteiger charge is -2.28. The Hall–Kier alpha value is -0.560. The van der Waals surface area contributed by atoms with Crippen LogP contribution in [-0.2, 0) is 6.18 Å². The van der Waals surface area contributed by atoms with E-state index in [1.807, 2.05) is 0 Å². The predicted octanol–water partition coefficient (Wildman–Crippen LogP) is 2.76. The molecule has 0 amide bonds. The predicted molar refractivity (Wildman–Crippen MR) is 56.0 cm³/mol. The molecule has 16 heavy (non-hydrogen) atoms. The van der Waals surface area contributed by atoms with Crippen LogP contribution in [0.25, 0.3) is 0 Å². The van der Waals surface area contributed by atoms with Gasteiger partial charge in [-0.3, -0.25) is 0 Å². The lowest BCUT2D eigenvalue weighted by atomic mass is 10.1. The van der Waals surface area contributed by atoms with Gasteiger partial charge in [0.2, 0.25) is 10.1 Å². The summed E-state index contributed by atoms with van der Waals surface area (Å²) in [5, 5.41) is 6.08. The van der Waals surface area contributed by atoms with E-state index in [0.29, 0.717) is 29.6 Å². The van der Waals surface area contributed by atoms with Gasteiger partial charge in [0.05, 0.1) is 5.38 Å². The quantitative estimate of drug-likeness (QED) is 0.736. The SMILES string of the molecule is FC(F)(F)c1nnc(N2CCCC(Cl)C2)s1. The first-order chi connectivity index (χ1) is 7.47. The van der Waals surface area contributed by atoms with Crippen LogP contribution in [0, 0.1) is 0 Å². The Balaban J connectivity index is 2.12. The van der Waals surface area contributed by atoms with E-state index in [9.17, 15) is 13.2 Å². The summed E-state index contributed by atoms with van der Waals surface area (Å²) >= 11 is 6.52. The Bertz CT molecular complexity index is 368. The third-order valence-corrected chi connectivity index (χ3v) is 3.68. The second-order valence-corrected chi connectivity index (χ2v) is 5.15. The molecule has 0 N–H and O–H groups in total. The van der Waals surface area contributed by atoms with Crippen LogP contribution in [0.1, 0.15) is 17.8 Å². The highest BCUT2D eigenvalue weighted by Crippen LogP contribution is 2.35. The van der Waals surface area contributed by atoms with Gasteiger partial charge < -0.3 is 4.90 Å². The summed E-state index contributed by atoms with van der Waals surface area (Å²) in [5.41, 5.74) is 0. The third-order valence-electron chi connectivity index (χ3n) is 2.29. The van der Waals surface area contributed by atoms with Crippen LogP contribution in [-0.4, -0.2) is 28.7 Å². The van der Waals surface area contributed by atoms with Crippen molar-refractivity contribution < 1.29 is 13.2 Å². The number of hydrogen-bond acceptors (Lipinski definition) is 4. The van der Waals surface area contributed by atoms with Crippen LogP contribution in [0.4, 0.5) is 18.3 Å². The van der Waals surface area contributed by atoms with E-state index < -0.39 is 11.2 Å². The molecule has 0 aliphatic carbocycles. The average Bonchev–Trinajstić information content (AvgIpc) is 2.65. The van der Waals surface area contributed by atoms with Gasteiger partial charge in [0, 0.05) is 13.1 Å². The number of halogens is 4. The molecule has 1 aliphatic rings. The minimum absolute atomic E-state index is 0.0213. The summed E-state index contributed by atoms with van der Waals surface area (Å²) in [5.74, 6) is 0. The molecular weight excluding hydrogens is 263 g/mol. The summed E-state index contributed by atoms with van der Waals surface area (Å²) in [4.78, 5) is 1.76. The molecule has 1 aliphatic heterocycles. The Kier molecular flexibility index (Phi) is 3.25. The zero-order valence-corrected chi connectivity index (χ0v) is 9.74. The number of nitrogens with zero attached hydrogens (tertiary/aromatic N) is 3. The standard InChI is InChI=1S/C8H9ClF3N3S/c9-5-2-1-3-15(4-5)7-14-13-6(16-7)8(10,11)12/h5H,1-4H2. The van der Waals surface area contributed by atoms with E-state index in [4.69, 9.17) is 11.6 Å². The van der Waals surface area contributed by atoms with Crippen molar-refractivity contribution in [3.63, 3.8) is 0 Å². The van der Waals surface area contributed by atoms with Crippen molar-refractivity contribution in [2.45, 2.75) is 24.4 Å². The number of rotatable bonds is 1. The summed E-state index contributed by atoms with van der Waals surface area (Å²) in [6, 6.07) is 0. The molecule has 3 nitrogen and oxygen atoms in total. The first-order valence-electron chi connectivity index (χ1n) is 4.76. The molecule has 0 bridgehead atoms. The van der Waals surface area contributed by atoms with E-state index in [-0.39, 0.29) is 5.38 Å². The maximum atomic E-state index is 12.3. The fourth-order valence-corrected chi connectivity index (χ4v) is 2.62. The van der Waals surface area contributed by atoms with E-state index in [1.165, 1.54) is 0 Å². The molecular formula is C8H9ClF3N3S. The minimum atomic E-state index is -4.41. The maximum Gasteiger partial charge on any atom is 0.445 e. The van der Waals surface area contributed by atoms with Gasteiger partial charge in [0.25, 0.3) is 0 Å². The first-order valence-corrected chi connectivity index (χ1v) is 6.02. The van der Waals surface area contributed by atoms with Crippen LogP contribution in [0.5, 0.6) is 0 Å². The van der Waals surface area contributed by atoms with Crippen LogP contribution in [0.3, 0.4) is 0 Å². The van der Waals surface area contributed by atoms with Crippen molar-refractivity contribution in [2.24, 2.45) is 0 Å². The Labute approximate surface area is 99.2 Å². The van der Waals surface area contributed by atoms with E-state index in [2.05, 4.69) is 10.2 Å². The molecule has 0 saturated carbocycles. The molecule has 1 aromatic heterocycles. The second-order valence-electron chi connectivity index (χ2n) is 3.57. The van der Waals surface area contributed by atoms with Crippen LogP contribution < -0.4 is 4.90 Å². The summed E-state index contributed by atoms with van der Waals surface area (Å²) in [6.07, 6.45) is -2.65. The molecule has 0 radical (unpaired) electrons. The van der Waals surface area contributed by atoms with Crippen LogP contribution >= 0.6 is 22.9 Å². The lowest BCUT2D eigenvalue weighted by Crippen LogP contribution is -2.35. The largest absolute Gasteiger partial charge is 0.445 e. The third kappa shape index (κ3) is 2.57. The number of anilines is 1. The molecule has 1 unspecified atom stereocenters. The van der Waals surface area contributed by atoms with Gasteiger partial charge in [-0.1, -0.05) is 11.3 Å². The van der Waals surface area contributed by atoms with Crippen LogP contribution in [0.15, 0.2) is 0 Å². The normalized spacial score (nSPS) is 22.5. The number of aromatic nitrogens is 2. The Morgan fingerprint density at radius 2 is 2.12 bits per heavy atom. The van der Waals surface area contributed by atoms with Gasteiger partial charge in [0.15, 0.2) is 0 Å². The van der Waals surface area contributed by atoms with Gasteiger partial charge in [-0.25, -0.2) is 0 Å². The Morgan fingerprint density at radius 3 is 2.69 bits per heavy atom. The highest BCUT2D eigenvalue weighted by molar-refractivity contribution is 7.15. The fourth-order valence-electron chi connectivity index (χ4n) is 1.56. The second kappa shape index (κ2) is 4.37. The molecule has 0 aromatic carbocycles. The van der Waals surface area contributed by atoms with Crippen molar-refractivity contribution in [3.05, 3.63) is 5.01 Å². The molecule has 1 fully saturated rings. The summed E-state index contributed by atoms with van der Waals surface area (Å²) in [6.45, 7) is 1.23. The highest BCUT2D eigenvalue weighted by atomic mass is 35.5. The van der Waals surface area contributed by atoms with E-state index in [1.54, 1.807) is 4.90 Å². The Morgan fingerprint density at radius 1 is 1.38 bits per heavy atom. The average molecular weight is 272 g/mol. The van der Waals surface area contributed by atoms with Gasteiger partial charge in [-0.2, -0.15) is 13.2 Å². The smallest absolute Gasteiger partial charge is 0.345 e. The minimum Gasteiger partial charge on any atom is -0.345 e. The van der Waals surface area contributed by atoms with Crippen molar-refractivity contribution in [1.82, 2.24) is 10.2 Å². The lowest BCUT2D eigenvalue weighted by molar-refractivity contribution is -0.138. The van der Waals surface area contributed by atoms with Crippen molar-refractivity contribution in [1.29, 1.82) is 0 Å². The maximum absolute atomic E-state index is 12.3. The van der Waals surface area contributed by atoms with Crippen LogP contribution in [0.2, 0.25) is 0 Å². The molecule has 1 saturated heterocycles. The van der Waals surface area contributed by atoms with Gasteiger partial charge in [0.1, 0.15) is 0 Å². The number of hydrogen-bond donors (Lipinski definition) is 0. The fraction of sp³-hybridized carbons (Fsp3) is 0.750. The molecule has 2 rings (SSSR count). The molecule has 8 heteroatoms. The molecule has 2 heterocycles. The van der Waals surface area contributed by atoms with Crippen molar-refractivity contribution in [2.75, 3.05) is 18.0 Å². The zero-order chi connectivity index (χ0) is 11.8. The summed E-state index contributed by atoms with van der Waals surface area (Å²) < 4.78 is 36.9. The monoisotopic (exact) mass is 271 g/mol. The molecule has 1 aromatic rings. The summed E-state index contributed by atoms with van der Waals surface area (Å²) in [7, 11) is 0. The van der Waals surface area contributed by atoms with Crippen molar-refractivity contribution in [3.8, 4) is 0 Å².